The van der Waals surface area contributed by atoms with Crippen molar-refractivity contribution >= 4 is 18.2 Å². The first kappa shape index (κ1) is 17.6. The zero-order valence-electron chi connectivity index (χ0n) is 12.2. The second-order valence-electron chi connectivity index (χ2n) is 5.53. The van der Waals surface area contributed by atoms with Gasteiger partial charge in [0, 0.05) is 24.7 Å². The molecule has 0 amide bonds. The maximum Gasteiger partial charge on any atom is 0.416 e. The van der Waals surface area contributed by atoms with E-state index in [4.69, 9.17) is 5.73 Å². The van der Waals surface area contributed by atoms with Crippen LogP contribution in [0.1, 0.15) is 29.0 Å². The van der Waals surface area contributed by atoms with Crippen molar-refractivity contribution in [2.75, 3.05) is 5.32 Å². The molecular formula is C16H17ClF3N3. The summed E-state index contributed by atoms with van der Waals surface area (Å²) in [6.07, 6.45) is -1.50. The van der Waals surface area contributed by atoms with Gasteiger partial charge in [0.05, 0.1) is 5.56 Å². The Morgan fingerprint density at radius 3 is 2.26 bits per heavy atom. The van der Waals surface area contributed by atoms with Gasteiger partial charge in [0.2, 0.25) is 0 Å². The minimum Gasteiger partial charge on any atom is -0.366 e. The van der Waals surface area contributed by atoms with Crippen LogP contribution in [-0.2, 0) is 12.7 Å². The van der Waals surface area contributed by atoms with E-state index in [1.165, 1.54) is 12.1 Å². The van der Waals surface area contributed by atoms with Gasteiger partial charge in [-0.3, -0.25) is 0 Å². The van der Waals surface area contributed by atoms with E-state index in [1.807, 2.05) is 12.1 Å². The second-order valence-corrected chi connectivity index (χ2v) is 5.53. The molecule has 3 N–H and O–H groups in total. The van der Waals surface area contributed by atoms with Crippen LogP contribution in [0.25, 0.3) is 0 Å². The first-order valence-corrected chi connectivity index (χ1v) is 7.05. The highest BCUT2D eigenvalue weighted by Crippen LogP contribution is 2.38. The Bertz CT molecular complexity index is 641. The summed E-state index contributed by atoms with van der Waals surface area (Å²) in [4.78, 5) is 4.30. The summed E-state index contributed by atoms with van der Waals surface area (Å²) in [5, 5.41) is 3.09. The molecular weight excluding hydrogens is 327 g/mol. The Morgan fingerprint density at radius 2 is 1.78 bits per heavy atom. The number of nitrogens with zero attached hydrogens (tertiary/aromatic N) is 1. The van der Waals surface area contributed by atoms with Crippen molar-refractivity contribution in [1.82, 2.24) is 4.98 Å². The fraction of sp³-hybridized carbons (Fsp3) is 0.312. The van der Waals surface area contributed by atoms with E-state index >= 15 is 0 Å². The van der Waals surface area contributed by atoms with Crippen LogP contribution in [0.2, 0.25) is 0 Å². The molecule has 1 fully saturated rings. The van der Waals surface area contributed by atoms with Crippen molar-refractivity contribution in [1.29, 1.82) is 0 Å². The van der Waals surface area contributed by atoms with Crippen LogP contribution in [0, 0.1) is 0 Å². The Morgan fingerprint density at radius 1 is 1.13 bits per heavy atom. The minimum absolute atomic E-state index is 0. The zero-order chi connectivity index (χ0) is 15.7. The van der Waals surface area contributed by atoms with Gasteiger partial charge < -0.3 is 11.1 Å². The van der Waals surface area contributed by atoms with Crippen molar-refractivity contribution in [2.45, 2.75) is 31.1 Å². The lowest BCUT2D eigenvalue weighted by molar-refractivity contribution is -0.137. The third kappa shape index (κ3) is 4.36. The maximum atomic E-state index is 12.5. The molecule has 1 aliphatic carbocycles. The lowest BCUT2D eigenvalue weighted by Gasteiger charge is -2.09. The van der Waals surface area contributed by atoms with Crippen LogP contribution >= 0.6 is 12.4 Å². The number of alkyl halides is 3. The number of benzene rings is 1. The minimum atomic E-state index is -4.30. The molecule has 1 aliphatic rings. The van der Waals surface area contributed by atoms with Crippen molar-refractivity contribution in [2.24, 2.45) is 5.73 Å². The van der Waals surface area contributed by atoms with Gasteiger partial charge in [-0.2, -0.15) is 13.2 Å². The molecule has 3 nitrogen and oxygen atoms in total. The molecule has 1 saturated carbocycles. The highest BCUT2D eigenvalue weighted by atomic mass is 35.5. The molecule has 0 radical (unpaired) electrons. The molecule has 3 rings (SSSR count). The summed E-state index contributed by atoms with van der Waals surface area (Å²) in [6, 6.07) is 9.20. The standard InChI is InChI=1S/C16H16F3N3.ClH/c17-16(18,19)12-4-1-10(2-5-12)8-21-15-6-3-11(9-22-15)13-7-14(13)20;/h1-6,9,13-14H,7-8,20H2,(H,21,22);1H/t13-,14+;/m0./s1. The molecule has 2 atom stereocenters. The number of hydrogen-bond acceptors (Lipinski definition) is 3. The summed E-state index contributed by atoms with van der Waals surface area (Å²) in [5.41, 5.74) is 7.05. The Hall–Kier alpha value is -1.79. The van der Waals surface area contributed by atoms with Gasteiger partial charge in [-0.25, -0.2) is 4.98 Å². The molecule has 23 heavy (non-hydrogen) atoms. The van der Waals surface area contributed by atoms with Gasteiger partial charge in [0.25, 0.3) is 0 Å². The molecule has 124 valence electrons. The number of aromatic nitrogens is 1. The SMILES string of the molecule is Cl.N[C@@H]1C[C@H]1c1ccc(NCc2ccc(C(F)(F)F)cc2)nc1. The van der Waals surface area contributed by atoms with Gasteiger partial charge in [-0.05, 0) is 35.7 Å². The van der Waals surface area contributed by atoms with E-state index < -0.39 is 11.7 Å². The van der Waals surface area contributed by atoms with Crippen molar-refractivity contribution < 1.29 is 13.2 Å². The number of rotatable bonds is 4. The predicted octanol–water partition coefficient (Wildman–Crippen LogP) is 3.95. The Balaban J connectivity index is 0.00000192. The third-order valence-corrected chi connectivity index (χ3v) is 3.81. The summed E-state index contributed by atoms with van der Waals surface area (Å²) in [5.74, 6) is 1.11. The zero-order valence-corrected chi connectivity index (χ0v) is 13.0. The molecule has 2 aromatic rings. The fourth-order valence-corrected chi connectivity index (χ4v) is 2.33. The van der Waals surface area contributed by atoms with E-state index in [2.05, 4.69) is 10.3 Å². The van der Waals surface area contributed by atoms with Crippen molar-refractivity contribution in [3.05, 3.63) is 59.3 Å². The lowest BCUT2D eigenvalue weighted by atomic mass is 10.1. The van der Waals surface area contributed by atoms with E-state index in [1.54, 1.807) is 6.20 Å². The summed E-state index contributed by atoms with van der Waals surface area (Å²) in [6.45, 7) is 0.424. The van der Waals surface area contributed by atoms with Gasteiger partial charge in [-0.1, -0.05) is 18.2 Å². The molecule has 0 saturated heterocycles. The number of anilines is 1. The summed E-state index contributed by atoms with van der Waals surface area (Å²) in [7, 11) is 0. The van der Waals surface area contributed by atoms with Crippen LogP contribution in [0.5, 0.6) is 0 Å². The number of pyridine rings is 1. The van der Waals surface area contributed by atoms with E-state index in [-0.39, 0.29) is 18.4 Å². The molecule has 0 bridgehead atoms. The molecule has 0 unspecified atom stereocenters. The van der Waals surface area contributed by atoms with Crippen molar-refractivity contribution in [3.8, 4) is 0 Å². The topological polar surface area (TPSA) is 50.9 Å². The number of nitrogens with one attached hydrogen (secondary N) is 1. The lowest BCUT2D eigenvalue weighted by Crippen LogP contribution is -2.06. The van der Waals surface area contributed by atoms with Gasteiger partial charge in [-0.15, -0.1) is 12.4 Å². The van der Waals surface area contributed by atoms with Gasteiger partial charge in [0.15, 0.2) is 0 Å². The Kier molecular flexibility index (Phi) is 5.16. The largest absolute Gasteiger partial charge is 0.416 e. The van der Waals surface area contributed by atoms with Crippen LogP contribution in [-0.4, -0.2) is 11.0 Å². The van der Waals surface area contributed by atoms with Crippen LogP contribution in [0.4, 0.5) is 19.0 Å². The average Bonchev–Trinajstić information content (AvgIpc) is 3.22. The number of hydrogen-bond donors (Lipinski definition) is 2. The first-order chi connectivity index (χ1) is 10.4. The van der Waals surface area contributed by atoms with E-state index in [9.17, 15) is 13.2 Å². The third-order valence-electron chi connectivity index (χ3n) is 3.81. The van der Waals surface area contributed by atoms with Crippen LogP contribution in [0.15, 0.2) is 42.6 Å². The Labute approximate surface area is 138 Å². The molecule has 7 heteroatoms. The molecule has 1 heterocycles. The highest BCUT2D eigenvalue weighted by molar-refractivity contribution is 5.85. The van der Waals surface area contributed by atoms with E-state index in [0.717, 1.165) is 29.7 Å². The monoisotopic (exact) mass is 343 g/mol. The maximum absolute atomic E-state index is 12.5. The van der Waals surface area contributed by atoms with E-state index in [0.29, 0.717) is 18.3 Å². The van der Waals surface area contributed by atoms with Gasteiger partial charge in [0.1, 0.15) is 5.82 Å². The highest BCUT2D eigenvalue weighted by Gasteiger charge is 2.34. The number of nitrogens with two attached hydrogens (primary N) is 1. The molecule has 0 spiro atoms. The predicted molar refractivity (Wildman–Crippen MR) is 85.6 cm³/mol. The number of halogens is 4. The second kappa shape index (κ2) is 6.76. The molecule has 0 aliphatic heterocycles. The van der Waals surface area contributed by atoms with Crippen molar-refractivity contribution in [3.63, 3.8) is 0 Å². The quantitative estimate of drug-likeness (QED) is 0.883. The average molecular weight is 344 g/mol. The summed E-state index contributed by atoms with van der Waals surface area (Å²) >= 11 is 0. The van der Waals surface area contributed by atoms with Crippen LogP contribution in [0.3, 0.4) is 0 Å². The smallest absolute Gasteiger partial charge is 0.366 e. The molecule has 1 aromatic carbocycles. The normalized spacial score (nSPS) is 19.8. The summed E-state index contributed by atoms with van der Waals surface area (Å²) < 4.78 is 37.4. The fourth-order valence-electron chi connectivity index (χ4n) is 2.33. The van der Waals surface area contributed by atoms with Gasteiger partial charge >= 0.3 is 6.18 Å². The van der Waals surface area contributed by atoms with Crippen LogP contribution < -0.4 is 11.1 Å². The molecule has 1 aromatic heterocycles. The first-order valence-electron chi connectivity index (χ1n) is 7.05.